The van der Waals surface area contributed by atoms with Crippen molar-refractivity contribution >= 4 is 0 Å². The van der Waals surface area contributed by atoms with E-state index in [9.17, 15) is 5.26 Å². The molecule has 2 unspecified atom stereocenters. The third-order valence-corrected chi connectivity index (χ3v) is 5.78. The second kappa shape index (κ2) is 7.17. The molecule has 7 nitrogen and oxygen atoms in total. The molecule has 0 radical (unpaired) electrons. The van der Waals surface area contributed by atoms with Crippen molar-refractivity contribution in [2.75, 3.05) is 0 Å². The first-order valence-corrected chi connectivity index (χ1v) is 10.5. The van der Waals surface area contributed by atoms with Gasteiger partial charge < -0.3 is 15.0 Å². The molecule has 7 heteroatoms. The van der Waals surface area contributed by atoms with E-state index in [1.165, 1.54) is 0 Å². The lowest BCUT2D eigenvalue weighted by atomic mass is 9.74. The summed E-state index contributed by atoms with van der Waals surface area (Å²) in [4.78, 5) is 4.12. The van der Waals surface area contributed by atoms with Gasteiger partial charge in [0.1, 0.15) is 11.6 Å². The van der Waals surface area contributed by atoms with Crippen molar-refractivity contribution in [1.29, 1.82) is 5.26 Å². The van der Waals surface area contributed by atoms with E-state index < -0.39 is 0 Å². The number of nitrogens with two attached hydrogens (primary N) is 1. The van der Waals surface area contributed by atoms with Crippen molar-refractivity contribution in [2.45, 2.75) is 59.0 Å². The van der Waals surface area contributed by atoms with Crippen LogP contribution in [0.25, 0.3) is 5.69 Å². The molecule has 0 spiro atoms. The van der Waals surface area contributed by atoms with Crippen LogP contribution in [0, 0.1) is 16.7 Å². The van der Waals surface area contributed by atoms with E-state index in [1.54, 1.807) is 12.5 Å². The Labute approximate surface area is 183 Å². The fourth-order valence-corrected chi connectivity index (χ4v) is 4.24. The zero-order valence-corrected chi connectivity index (χ0v) is 19.0. The number of imidazole rings is 1. The predicted molar refractivity (Wildman–Crippen MR) is 119 cm³/mol. The van der Waals surface area contributed by atoms with Crippen molar-refractivity contribution in [2.24, 2.45) is 11.1 Å². The lowest BCUT2D eigenvalue weighted by Gasteiger charge is -2.37. The Morgan fingerprint density at radius 2 is 1.81 bits per heavy atom. The van der Waals surface area contributed by atoms with Gasteiger partial charge in [0, 0.05) is 23.7 Å². The molecule has 4 rings (SSSR count). The smallest absolute Gasteiger partial charge is 0.214 e. The van der Waals surface area contributed by atoms with Gasteiger partial charge in [0.25, 0.3) is 0 Å². The van der Waals surface area contributed by atoms with Gasteiger partial charge in [-0.2, -0.15) is 5.26 Å². The van der Waals surface area contributed by atoms with Gasteiger partial charge in [-0.15, -0.1) is 0 Å². The quantitative estimate of drug-likeness (QED) is 0.768. The lowest BCUT2D eigenvalue weighted by Crippen LogP contribution is -2.52. The maximum absolute atomic E-state index is 10.00. The minimum Gasteiger partial charge on any atom is -0.423 e. The number of hydrogen-bond donors (Lipinski definition) is 2. The van der Waals surface area contributed by atoms with Gasteiger partial charge in [0.2, 0.25) is 11.8 Å². The number of ether oxygens (including phenoxy) is 1. The summed E-state index contributed by atoms with van der Waals surface area (Å²) in [5.74, 6) is 0.581. The summed E-state index contributed by atoms with van der Waals surface area (Å²) in [6.07, 6.45) is 5.42. The molecule has 3 heterocycles. The SMILES string of the molecule is CC(C)(C)C1NN(C(C)(C)C)C2=C1C(c1ccc(-n3ccnc3)cc1)C(C#N)=C(N)O2. The van der Waals surface area contributed by atoms with Gasteiger partial charge in [0.05, 0.1) is 23.8 Å². The summed E-state index contributed by atoms with van der Waals surface area (Å²) >= 11 is 0. The van der Waals surface area contributed by atoms with E-state index in [4.69, 9.17) is 10.5 Å². The molecular weight excluding hydrogens is 388 g/mol. The Balaban J connectivity index is 1.87. The highest BCUT2D eigenvalue weighted by Crippen LogP contribution is 2.48. The molecule has 0 amide bonds. The number of nitrogens with one attached hydrogen (secondary N) is 1. The maximum Gasteiger partial charge on any atom is 0.214 e. The van der Waals surface area contributed by atoms with Crippen molar-refractivity contribution in [1.82, 2.24) is 20.0 Å². The van der Waals surface area contributed by atoms with Gasteiger partial charge >= 0.3 is 0 Å². The van der Waals surface area contributed by atoms with Gasteiger partial charge in [-0.3, -0.25) is 5.01 Å². The highest BCUT2D eigenvalue weighted by Gasteiger charge is 2.49. The fourth-order valence-electron chi connectivity index (χ4n) is 4.24. The largest absolute Gasteiger partial charge is 0.423 e. The summed E-state index contributed by atoms with van der Waals surface area (Å²) in [5, 5.41) is 12.0. The molecule has 2 atom stereocenters. The third-order valence-electron chi connectivity index (χ3n) is 5.78. The van der Waals surface area contributed by atoms with Gasteiger partial charge in [-0.25, -0.2) is 10.4 Å². The molecule has 2 aliphatic heterocycles. The van der Waals surface area contributed by atoms with E-state index in [0.29, 0.717) is 11.5 Å². The van der Waals surface area contributed by atoms with Crippen molar-refractivity contribution in [3.05, 3.63) is 71.5 Å². The van der Waals surface area contributed by atoms with Crippen LogP contribution >= 0.6 is 0 Å². The molecular formula is C24H30N6O. The van der Waals surface area contributed by atoms with Crippen LogP contribution in [0.4, 0.5) is 0 Å². The molecule has 2 aliphatic rings. The molecule has 162 valence electrons. The average Bonchev–Trinajstić information content (AvgIpc) is 3.34. The fraction of sp³-hybridized carbons (Fsp3) is 0.417. The van der Waals surface area contributed by atoms with E-state index in [-0.39, 0.29) is 28.8 Å². The van der Waals surface area contributed by atoms with Gasteiger partial charge in [-0.05, 0) is 43.9 Å². The van der Waals surface area contributed by atoms with Crippen LogP contribution in [0.15, 0.2) is 65.9 Å². The average molecular weight is 419 g/mol. The van der Waals surface area contributed by atoms with Crippen LogP contribution in [0.1, 0.15) is 53.0 Å². The second-order valence-corrected chi connectivity index (χ2v) is 10.2. The maximum atomic E-state index is 10.00. The number of hydrogen-bond acceptors (Lipinski definition) is 6. The number of hydrazine groups is 1. The van der Waals surface area contributed by atoms with E-state index in [0.717, 1.165) is 16.8 Å². The Morgan fingerprint density at radius 1 is 1.13 bits per heavy atom. The summed E-state index contributed by atoms with van der Waals surface area (Å²) in [7, 11) is 0. The van der Waals surface area contributed by atoms with Gasteiger partial charge in [-0.1, -0.05) is 32.9 Å². The summed E-state index contributed by atoms with van der Waals surface area (Å²) < 4.78 is 8.03. The third kappa shape index (κ3) is 3.57. The predicted octanol–water partition coefficient (Wildman–Crippen LogP) is 3.92. The molecule has 1 aromatic carbocycles. The van der Waals surface area contributed by atoms with Crippen molar-refractivity contribution < 1.29 is 4.74 Å². The van der Waals surface area contributed by atoms with E-state index >= 15 is 0 Å². The van der Waals surface area contributed by atoms with Crippen LogP contribution in [-0.2, 0) is 4.74 Å². The van der Waals surface area contributed by atoms with Crippen LogP contribution < -0.4 is 11.2 Å². The van der Waals surface area contributed by atoms with Crippen LogP contribution in [0.5, 0.6) is 0 Å². The van der Waals surface area contributed by atoms with Crippen molar-refractivity contribution in [3.8, 4) is 11.8 Å². The van der Waals surface area contributed by atoms with Gasteiger partial charge in [0.15, 0.2) is 0 Å². The zero-order valence-electron chi connectivity index (χ0n) is 19.0. The lowest BCUT2D eigenvalue weighted by molar-refractivity contribution is 0.0407. The molecule has 3 N–H and O–H groups in total. The van der Waals surface area contributed by atoms with Crippen LogP contribution in [0.2, 0.25) is 0 Å². The second-order valence-electron chi connectivity index (χ2n) is 10.2. The minimum atomic E-state index is -0.283. The molecule has 0 saturated carbocycles. The Morgan fingerprint density at radius 3 is 2.32 bits per heavy atom. The summed E-state index contributed by atoms with van der Waals surface area (Å²) in [6.45, 7) is 12.9. The number of aromatic nitrogens is 2. The number of nitrogens with zero attached hydrogens (tertiary/aromatic N) is 4. The normalized spacial score (nSPS) is 21.8. The Hall–Kier alpha value is -3.24. The highest BCUT2D eigenvalue weighted by molar-refractivity contribution is 5.53. The van der Waals surface area contributed by atoms with Crippen LogP contribution in [0.3, 0.4) is 0 Å². The molecule has 0 saturated heterocycles. The summed E-state index contributed by atoms with van der Waals surface area (Å²) in [6, 6.07) is 10.5. The first-order valence-electron chi connectivity index (χ1n) is 10.5. The van der Waals surface area contributed by atoms with E-state index in [2.05, 4.69) is 70.2 Å². The molecule has 0 bridgehead atoms. The minimum absolute atomic E-state index is 0.0171. The molecule has 0 fully saturated rings. The number of nitriles is 1. The van der Waals surface area contributed by atoms with Crippen molar-refractivity contribution in [3.63, 3.8) is 0 Å². The Kier molecular flexibility index (Phi) is 4.86. The monoisotopic (exact) mass is 418 g/mol. The first kappa shape index (κ1) is 21.0. The number of benzene rings is 1. The summed E-state index contributed by atoms with van der Waals surface area (Å²) in [5.41, 5.74) is 13.1. The molecule has 0 aliphatic carbocycles. The zero-order chi connectivity index (χ0) is 22.6. The first-order chi connectivity index (χ1) is 14.5. The molecule has 1 aromatic heterocycles. The Bertz CT molecular complexity index is 1080. The number of rotatable bonds is 2. The molecule has 31 heavy (non-hydrogen) atoms. The number of allylic oxidation sites excluding steroid dienone is 1. The standard InChI is InChI=1S/C24H30N6O/c1-23(2,3)20-19-18(15-7-9-16(10-8-15)29-12-11-27-14-29)17(13-25)21(26)31-22(19)30(28-20)24(4,5)6/h7-12,14,18,20,28H,26H2,1-6H3. The van der Waals surface area contributed by atoms with E-state index in [1.807, 2.05) is 27.9 Å². The topological polar surface area (TPSA) is 92.1 Å². The van der Waals surface area contributed by atoms with Crippen LogP contribution in [-0.4, -0.2) is 26.1 Å². The highest BCUT2D eigenvalue weighted by atomic mass is 16.5. The molecule has 2 aromatic rings.